The fourth-order valence-corrected chi connectivity index (χ4v) is 9.35. The van der Waals surface area contributed by atoms with Crippen LogP contribution in [0.5, 0.6) is 0 Å². The highest BCUT2D eigenvalue weighted by Crippen LogP contribution is 2.36. The molecule has 0 heterocycles. The van der Waals surface area contributed by atoms with Crippen LogP contribution in [0.2, 0.25) is 5.04 Å². The lowest BCUT2D eigenvalue weighted by molar-refractivity contribution is -0.135. The number of aliphatic hydroxyl groups is 1. The van der Waals surface area contributed by atoms with Crippen molar-refractivity contribution in [2.75, 3.05) is 33.3 Å². The number of aliphatic hydroxyl groups excluding tert-OH is 1. The molecule has 2 unspecified atom stereocenters. The fraction of sp³-hybridized carbons (Fsp3) is 0.552. The van der Waals surface area contributed by atoms with Gasteiger partial charge in [0.25, 0.3) is 0 Å². The van der Waals surface area contributed by atoms with Crippen molar-refractivity contribution in [3.63, 3.8) is 0 Å². The van der Waals surface area contributed by atoms with E-state index in [1.807, 2.05) is 32.9 Å². The predicted octanol–water partition coefficient (Wildman–Crippen LogP) is 3.87. The van der Waals surface area contributed by atoms with Gasteiger partial charge in [-0.3, -0.25) is 0 Å². The lowest BCUT2D eigenvalue weighted by Crippen LogP contribution is -2.68. The van der Waals surface area contributed by atoms with Crippen LogP contribution in [0.3, 0.4) is 0 Å². The average molecular weight is 532 g/mol. The monoisotopic (exact) mass is 531 g/mol. The third kappa shape index (κ3) is 8.93. The zero-order valence-corrected chi connectivity index (χ0v) is 24.5. The Labute approximate surface area is 223 Å². The van der Waals surface area contributed by atoms with Gasteiger partial charge in [0.05, 0.1) is 12.7 Å². The Morgan fingerprint density at radius 3 is 1.86 bits per heavy atom. The number of hydrogen-bond donors (Lipinski definition) is 2. The zero-order chi connectivity index (χ0) is 27.5. The molecule has 1 amide bonds. The first kappa shape index (κ1) is 31.0. The van der Waals surface area contributed by atoms with E-state index in [0.717, 1.165) is 0 Å². The van der Waals surface area contributed by atoms with E-state index >= 15 is 0 Å². The smallest absolute Gasteiger partial charge is 0.407 e. The van der Waals surface area contributed by atoms with E-state index in [9.17, 15) is 9.90 Å². The van der Waals surface area contributed by atoms with E-state index in [2.05, 4.69) is 74.6 Å². The zero-order valence-electron chi connectivity index (χ0n) is 23.5. The van der Waals surface area contributed by atoms with Crippen molar-refractivity contribution in [1.82, 2.24) is 5.32 Å². The van der Waals surface area contributed by atoms with E-state index in [1.54, 1.807) is 7.11 Å². The molecule has 8 heteroatoms. The SMILES string of the molecule is COCOC(CCNC(=O)OC(C)(C)C)C(CO)OC[Si](c1ccccc1)(c1ccccc1)C(C)(C)C. The number of ether oxygens (including phenoxy) is 4. The molecule has 206 valence electrons. The first-order valence-corrected chi connectivity index (χ1v) is 15.1. The molecule has 2 aromatic rings. The summed E-state index contributed by atoms with van der Waals surface area (Å²) in [6.45, 7) is 12.4. The van der Waals surface area contributed by atoms with Crippen molar-refractivity contribution in [2.45, 2.75) is 70.8 Å². The van der Waals surface area contributed by atoms with Crippen molar-refractivity contribution in [2.24, 2.45) is 0 Å². The van der Waals surface area contributed by atoms with Gasteiger partial charge in [0.2, 0.25) is 0 Å². The number of methoxy groups -OCH3 is 1. The molecule has 0 aliphatic rings. The normalized spacial score (nSPS) is 14.2. The molecular weight excluding hydrogens is 486 g/mol. The molecule has 0 aromatic heterocycles. The second-order valence-corrected chi connectivity index (χ2v) is 16.0. The number of carbonyl (C=O) groups excluding carboxylic acids is 1. The molecule has 2 atom stereocenters. The third-order valence-electron chi connectivity index (χ3n) is 6.42. The Balaban J connectivity index is 2.29. The summed E-state index contributed by atoms with van der Waals surface area (Å²) < 4.78 is 22.9. The summed E-state index contributed by atoms with van der Waals surface area (Å²) in [5.74, 6) is 0. The van der Waals surface area contributed by atoms with Crippen molar-refractivity contribution in [1.29, 1.82) is 0 Å². The first-order valence-electron chi connectivity index (χ1n) is 12.9. The highest BCUT2D eigenvalue weighted by Gasteiger charge is 2.48. The lowest BCUT2D eigenvalue weighted by atomic mass is 10.1. The van der Waals surface area contributed by atoms with E-state index in [1.165, 1.54) is 10.4 Å². The molecule has 2 aromatic carbocycles. The molecule has 0 fully saturated rings. The van der Waals surface area contributed by atoms with Gasteiger partial charge in [0.1, 0.15) is 26.6 Å². The maximum absolute atomic E-state index is 12.1. The summed E-state index contributed by atoms with van der Waals surface area (Å²) in [7, 11) is -0.943. The van der Waals surface area contributed by atoms with Crippen LogP contribution in [0.15, 0.2) is 60.7 Å². The maximum atomic E-state index is 12.1. The van der Waals surface area contributed by atoms with Crippen LogP contribution < -0.4 is 15.7 Å². The molecule has 0 spiro atoms. The summed E-state index contributed by atoms with van der Waals surface area (Å²) in [6.07, 6.45) is -0.696. The van der Waals surface area contributed by atoms with Gasteiger partial charge in [0.15, 0.2) is 0 Å². The first-order chi connectivity index (χ1) is 17.4. The fourth-order valence-electron chi connectivity index (χ4n) is 4.53. The number of hydrogen-bond acceptors (Lipinski definition) is 6. The Morgan fingerprint density at radius 1 is 0.892 bits per heavy atom. The van der Waals surface area contributed by atoms with E-state index in [4.69, 9.17) is 18.9 Å². The number of carbonyl (C=O) groups is 1. The van der Waals surface area contributed by atoms with Crippen molar-refractivity contribution in [3.05, 3.63) is 60.7 Å². The summed E-state index contributed by atoms with van der Waals surface area (Å²) in [5, 5.41) is 15.6. The van der Waals surface area contributed by atoms with Crippen LogP contribution in [0.1, 0.15) is 48.0 Å². The van der Waals surface area contributed by atoms with E-state index in [0.29, 0.717) is 19.2 Å². The highest BCUT2D eigenvalue weighted by atomic mass is 28.3. The number of rotatable bonds is 13. The maximum Gasteiger partial charge on any atom is 0.407 e. The molecule has 2 N–H and O–H groups in total. The number of alkyl carbamates (subject to hydrolysis) is 1. The minimum absolute atomic E-state index is 0.0518. The second kappa shape index (κ2) is 14.1. The summed E-state index contributed by atoms with van der Waals surface area (Å²) in [6, 6.07) is 21.1. The Hall–Kier alpha value is -2.23. The van der Waals surface area contributed by atoms with Gasteiger partial charge in [-0.25, -0.2) is 4.79 Å². The van der Waals surface area contributed by atoms with E-state index in [-0.39, 0.29) is 18.4 Å². The van der Waals surface area contributed by atoms with Crippen LogP contribution in [0.4, 0.5) is 4.79 Å². The average Bonchev–Trinajstić information content (AvgIpc) is 2.84. The van der Waals surface area contributed by atoms with Gasteiger partial charge in [-0.05, 0) is 32.2 Å². The molecule has 0 bridgehead atoms. The van der Waals surface area contributed by atoms with Crippen molar-refractivity contribution >= 4 is 24.5 Å². The quantitative estimate of drug-likeness (QED) is 0.302. The van der Waals surface area contributed by atoms with Gasteiger partial charge in [-0.15, -0.1) is 0 Å². The molecule has 0 saturated heterocycles. The lowest BCUT2D eigenvalue weighted by Gasteiger charge is -2.44. The van der Waals surface area contributed by atoms with Gasteiger partial charge < -0.3 is 29.4 Å². The highest BCUT2D eigenvalue weighted by molar-refractivity contribution is 7.04. The molecule has 0 aliphatic carbocycles. The summed E-state index contributed by atoms with van der Waals surface area (Å²) in [5.41, 5.74) is -0.581. The molecule has 7 nitrogen and oxygen atoms in total. The molecule has 0 saturated carbocycles. The van der Waals surface area contributed by atoms with Crippen LogP contribution >= 0.6 is 0 Å². The molecule has 2 rings (SSSR count). The molecule has 0 aliphatic heterocycles. The molecular formula is C29H45NO6Si. The predicted molar refractivity (Wildman–Crippen MR) is 150 cm³/mol. The number of amides is 1. The van der Waals surface area contributed by atoms with E-state index < -0.39 is 32.0 Å². The van der Waals surface area contributed by atoms with Gasteiger partial charge in [-0.1, -0.05) is 91.8 Å². The topological polar surface area (TPSA) is 86.3 Å². The van der Waals surface area contributed by atoms with Gasteiger partial charge >= 0.3 is 6.09 Å². The van der Waals surface area contributed by atoms with Crippen LogP contribution in [0.25, 0.3) is 0 Å². The van der Waals surface area contributed by atoms with Crippen molar-refractivity contribution in [3.8, 4) is 0 Å². The number of benzene rings is 2. The Kier molecular flexibility index (Phi) is 11.8. The second-order valence-electron chi connectivity index (χ2n) is 11.2. The molecule has 37 heavy (non-hydrogen) atoms. The Morgan fingerprint density at radius 2 is 1.43 bits per heavy atom. The van der Waals surface area contributed by atoms with Crippen LogP contribution in [-0.2, 0) is 18.9 Å². The van der Waals surface area contributed by atoms with Gasteiger partial charge in [0, 0.05) is 19.9 Å². The summed E-state index contributed by atoms with van der Waals surface area (Å²) >= 11 is 0. The third-order valence-corrected chi connectivity index (χ3v) is 12.2. The van der Waals surface area contributed by atoms with Crippen LogP contribution in [-0.4, -0.2) is 70.4 Å². The van der Waals surface area contributed by atoms with Gasteiger partial charge in [-0.2, -0.15) is 0 Å². The largest absolute Gasteiger partial charge is 0.444 e. The van der Waals surface area contributed by atoms with Crippen LogP contribution in [0, 0.1) is 0 Å². The standard InChI is InChI=1S/C29H45NO6Si/c1-28(2,3)36-27(32)30-19-18-25(34-21-33-7)26(20-31)35-22-37(29(4,5)6,23-14-10-8-11-15-23)24-16-12-9-13-17-24/h8-17,25-26,31H,18-22H2,1-7H3,(H,30,32). The minimum Gasteiger partial charge on any atom is -0.444 e. The van der Waals surface area contributed by atoms with Crippen molar-refractivity contribution < 1.29 is 28.8 Å². The molecule has 0 radical (unpaired) electrons. The Bertz CT molecular complexity index is 887. The minimum atomic E-state index is -2.49. The summed E-state index contributed by atoms with van der Waals surface area (Å²) in [4.78, 5) is 12.1. The number of nitrogens with one attached hydrogen (secondary N) is 1.